The molecule has 0 spiro atoms. The molecule has 1 aromatic heterocycles. The average molecular weight is 322 g/mol. The van der Waals surface area contributed by atoms with Crippen LogP contribution in [0, 0.1) is 12.8 Å². The molecule has 0 N–H and O–H groups in total. The van der Waals surface area contributed by atoms with Crippen LogP contribution in [-0.4, -0.2) is 22.3 Å². The van der Waals surface area contributed by atoms with Crippen molar-refractivity contribution in [3.63, 3.8) is 0 Å². The predicted octanol–water partition coefficient (Wildman–Crippen LogP) is 4.77. The molecule has 1 aromatic carbocycles. The quantitative estimate of drug-likeness (QED) is 0.812. The number of benzene rings is 1. The van der Waals surface area contributed by atoms with Gasteiger partial charge in [-0.05, 0) is 48.9 Å². The molecular formula is C21H26N2O. The highest BCUT2D eigenvalue weighted by molar-refractivity contribution is 5.77. The van der Waals surface area contributed by atoms with Crippen LogP contribution in [0.5, 0.6) is 0 Å². The summed E-state index contributed by atoms with van der Waals surface area (Å²) in [5.41, 5.74) is 4.42. The van der Waals surface area contributed by atoms with E-state index in [1.807, 2.05) is 17.9 Å². The zero-order valence-electron chi connectivity index (χ0n) is 14.8. The lowest BCUT2D eigenvalue weighted by molar-refractivity contribution is -0.133. The fourth-order valence-electron chi connectivity index (χ4n) is 3.50. The van der Waals surface area contributed by atoms with Crippen LogP contribution in [0.15, 0.2) is 42.5 Å². The first-order chi connectivity index (χ1) is 11.5. The molecule has 0 unspecified atom stereocenters. The van der Waals surface area contributed by atoms with Crippen molar-refractivity contribution in [3.8, 4) is 11.1 Å². The Kier molecular flexibility index (Phi) is 4.98. The Hall–Kier alpha value is -2.16. The number of rotatable bonds is 4. The molecule has 1 saturated heterocycles. The molecule has 3 rings (SSSR count). The van der Waals surface area contributed by atoms with Gasteiger partial charge < -0.3 is 4.90 Å². The number of likely N-dealkylation sites (tertiary alicyclic amines) is 1. The van der Waals surface area contributed by atoms with Gasteiger partial charge in [0.05, 0.1) is 11.7 Å². The summed E-state index contributed by atoms with van der Waals surface area (Å²) in [5, 5.41) is 0. The molecular weight excluding hydrogens is 296 g/mol. The van der Waals surface area contributed by atoms with Gasteiger partial charge in [-0.2, -0.15) is 0 Å². The topological polar surface area (TPSA) is 33.2 Å². The molecule has 3 heteroatoms. The largest absolute Gasteiger partial charge is 0.334 e. The van der Waals surface area contributed by atoms with E-state index in [0.717, 1.165) is 30.8 Å². The van der Waals surface area contributed by atoms with Gasteiger partial charge in [0.25, 0.3) is 0 Å². The number of carbonyl (C=O) groups is 1. The van der Waals surface area contributed by atoms with E-state index in [1.54, 1.807) is 0 Å². The van der Waals surface area contributed by atoms with Gasteiger partial charge >= 0.3 is 0 Å². The Bertz CT molecular complexity index is 709. The lowest BCUT2D eigenvalue weighted by atomic mass is 10.0. The smallest absolute Gasteiger partial charge is 0.223 e. The minimum absolute atomic E-state index is 0.124. The highest BCUT2D eigenvalue weighted by Gasteiger charge is 2.31. The number of aromatic nitrogens is 1. The highest BCUT2D eigenvalue weighted by Crippen LogP contribution is 2.34. The van der Waals surface area contributed by atoms with Crippen molar-refractivity contribution in [2.24, 2.45) is 5.92 Å². The van der Waals surface area contributed by atoms with Crippen molar-refractivity contribution in [3.05, 3.63) is 53.9 Å². The van der Waals surface area contributed by atoms with Crippen molar-refractivity contribution in [2.75, 3.05) is 6.54 Å². The van der Waals surface area contributed by atoms with Crippen molar-refractivity contribution in [2.45, 2.75) is 46.1 Å². The van der Waals surface area contributed by atoms with Crippen LogP contribution in [0.4, 0.5) is 0 Å². The molecule has 3 nitrogen and oxygen atoms in total. The van der Waals surface area contributed by atoms with Crippen molar-refractivity contribution < 1.29 is 4.79 Å². The summed E-state index contributed by atoms with van der Waals surface area (Å²) >= 11 is 0. The number of nitrogens with zero attached hydrogens (tertiary/aromatic N) is 2. The fourth-order valence-corrected chi connectivity index (χ4v) is 3.50. The van der Waals surface area contributed by atoms with E-state index < -0.39 is 0 Å². The number of hydrogen-bond acceptors (Lipinski definition) is 2. The summed E-state index contributed by atoms with van der Waals surface area (Å²) in [6, 6.07) is 14.8. The molecule has 1 aliphatic heterocycles. The molecule has 1 fully saturated rings. The fraction of sp³-hybridized carbons (Fsp3) is 0.429. The second-order valence-electron chi connectivity index (χ2n) is 7.13. The van der Waals surface area contributed by atoms with Crippen LogP contribution in [0.1, 0.15) is 50.5 Å². The second-order valence-corrected chi connectivity index (χ2v) is 7.13. The Morgan fingerprint density at radius 2 is 1.96 bits per heavy atom. The SMILES string of the molecule is Cc1cc(-c2ccccc2)cc([C@H]2CCCN2C(=O)CC(C)C)n1. The van der Waals surface area contributed by atoms with E-state index in [9.17, 15) is 4.79 Å². The Morgan fingerprint density at radius 1 is 1.21 bits per heavy atom. The van der Waals surface area contributed by atoms with E-state index in [0.29, 0.717) is 12.3 Å². The van der Waals surface area contributed by atoms with E-state index in [-0.39, 0.29) is 11.9 Å². The Morgan fingerprint density at radius 3 is 2.67 bits per heavy atom. The summed E-state index contributed by atoms with van der Waals surface area (Å²) in [4.78, 5) is 19.4. The molecule has 0 aliphatic carbocycles. The number of aryl methyl sites for hydroxylation is 1. The molecule has 0 saturated carbocycles. The van der Waals surface area contributed by atoms with Gasteiger partial charge in [0.1, 0.15) is 0 Å². The number of pyridine rings is 1. The molecule has 24 heavy (non-hydrogen) atoms. The summed E-state index contributed by atoms with van der Waals surface area (Å²) in [6.45, 7) is 7.08. The van der Waals surface area contributed by atoms with Crippen LogP contribution in [0.3, 0.4) is 0 Å². The molecule has 0 radical (unpaired) electrons. The molecule has 0 bridgehead atoms. The van der Waals surface area contributed by atoms with E-state index in [4.69, 9.17) is 4.98 Å². The molecule has 1 atom stereocenters. The lowest BCUT2D eigenvalue weighted by Gasteiger charge is -2.26. The van der Waals surface area contributed by atoms with Gasteiger partial charge in [-0.15, -0.1) is 0 Å². The van der Waals surface area contributed by atoms with Gasteiger partial charge in [0.15, 0.2) is 0 Å². The highest BCUT2D eigenvalue weighted by atomic mass is 16.2. The summed E-state index contributed by atoms with van der Waals surface area (Å²) in [7, 11) is 0. The molecule has 2 aromatic rings. The van der Waals surface area contributed by atoms with Gasteiger partial charge in [-0.3, -0.25) is 9.78 Å². The monoisotopic (exact) mass is 322 g/mol. The average Bonchev–Trinajstić information content (AvgIpc) is 3.04. The standard InChI is InChI=1S/C21H26N2O/c1-15(2)12-21(24)23-11-7-10-20(23)19-14-18(13-16(3)22-19)17-8-5-4-6-9-17/h4-6,8-9,13-15,20H,7,10-12H2,1-3H3/t20-/m1/s1. The van der Waals surface area contributed by atoms with Crippen LogP contribution in [-0.2, 0) is 4.79 Å². The van der Waals surface area contributed by atoms with Crippen LogP contribution in [0.2, 0.25) is 0 Å². The maximum atomic E-state index is 12.6. The predicted molar refractivity (Wildman–Crippen MR) is 97.6 cm³/mol. The third-order valence-electron chi connectivity index (χ3n) is 4.58. The van der Waals surface area contributed by atoms with Crippen LogP contribution >= 0.6 is 0 Å². The van der Waals surface area contributed by atoms with Gasteiger partial charge in [-0.25, -0.2) is 0 Å². The van der Waals surface area contributed by atoms with Crippen LogP contribution < -0.4 is 0 Å². The van der Waals surface area contributed by atoms with Crippen molar-refractivity contribution in [1.29, 1.82) is 0 Å². The molecule has 1 aliphatic rings. The number of hydrogen-bond donors (Lipinski definition) is 0. The zero-order chi connectivity index (χ0) is 17.1. The van der Waals surface area contributed by atoms with E-state index in [2.05, 4.69) is 50.2 Å². The van der Waals surface area contributed by atoms with E-state index in [1.165, 1.54) is 11.1 Å². The summed E-state index contributed by atoms with van der Waals surface area (Å²) in [6.07, 6.45) is 2.69. The Labute approximate surface area is 144 Å². The second kappa shape index (κ2) is 7.16. The number of amides is 1. The third kappa shape index (κ3) is 3.66. The first kappa shape index (κ1) is 16.7. The van der Waals surface area contributed by atoms with Gasteiger partial charge in [0.2, 0.25) is 5.91 Å². The van der Waals surface area contributed by atoms with E-state index >= 15 is 0 Å². The van der Waals surface area contributed by atoms with Gasteiger partial charge in [-0.1, -0.05) is 44.2 Å². The normalized spacial score (nSPS) is 17.5. The number of carbonyl (C=O) groups excluding carboxylic acids is 1. The first-order valence-corrected chi connectivity index (χ1v) is 8.88. The minimum Gasteiger partial charge on any atom is -0.334 e. The summed E-state index contributed by atoms with van der Waals surface area (Å²) in [5.74, 6) is 0.654. The minimum atomic E-state index is 0.124. The maximum absolute atomic E-state index is 12.6. The third-order valence-corrected chi connectivity index (χ3v) is 4.58. The van der Waals surface area contributed by atoms with Crippen molar-refractivity contribution >= 4 is 5.91 Å². The van der Waals surface area contributed by atoms with Crippen LogP contribution in [0.25, 0.3) is 11.1 Å². The molecule has 126 valence electrons. The molecule has 1 amide bonds. The maximum Gasteiger partial charge on any atom is 0.223 e. The lowest BCUT2D eigenvalue weighted by Crippen LogP contribution is -2.31. The zero-order valence-corrected chi connectivity index (χ0v) is 14.8. The Balaban J connectivity index is 1.91. The van der Waals surface area contributed by atoms with Crippen molar-refractivity contribution in [1.82, 2.24) is 9.88 Å². The summed E-state index contributed by atoms with van der Waals surface area (Å²) < 4.78 is 0. The molecule has 2 heterocycles. The van der Waals surface area contributed by atoms with Gasteiger partial charge in [0, 0.05) is 18.7 Å². The first-order valence-electron chi connectivity index (χ1n) is 8.88.